The molecule has 0 radical (unpaired) electrons. The first-order valence-electron chi connectivity index (χ1n) is 6.80. The zero-order chi connectivity index (χ0) is 14.8. The fourth-order valence-corrected chi connectivity index (χ4v) is 2.17. The number of aromatic nitrogens is 2. The molecular weight excluding hydrogens is 268 g/mol. The van der Waals surface area contributed by atoms with Gasteiger partial charge in [0.1, 0.15) is 12.0 Å². The molecule has 0 spiro atoms. The van der Waals surface area contributed by atoms with Crippen LogP contribution in [0.5, 0.6) is 5.95 Å². The summed E-state index contributed by atoms with van der Waals surface area (Å²) < 4.78 is 16.5. The lowest BCUT2D eigenvalue weighted by Crippen LogP contribution is -1.89. The highest BCUT2D eigenvalue weighted by molar-refractivity contribution is 5.71. The van der Waals surface area contributed by atoms with Crippen molar-refractivity contribution in [3.63, 3.8) is 0 Å². The van der Waals surface area contributed by atoms with Crippen molar-refractivity contribution >= 4 is 0 Å². The molecule has 5 nitrogen and oxygen atoms in total. The van der Waals surface area contributed by atoms with Gasteiger partial charge >= 0.3 is 5.95 Å². The van der Waals surface area contributed by atoms with Crippen LogP contribution in [0, 0.1) is 13.8 Å². The summed E-state index contributed by atoms with van der Waals surface area (Å²) in [6, 6.07) is 5.86. The Morgan fingerprint density at radius 2 is 1.67 bits per heavy atom. The number of hydrogen-bond acceptors (Lipinski definition) is 5. The third-order valence-electron chi connectivity index (χ3n) is 3.19. The number of oxazole rings is 2. The fraction of sp³-hybridized carbons (Fsp3) is 0.250. The van der Waals surface area contributed by atoms with E-state index in [0.29, 0.717) is 24.3 Å². The van der Waals surface area contributed by atoms with Gasteiger partial charge in [-0.15, -0.1) is 0 Å². The third-order valence-corrected chi connectivity index (χ3v) is 3.19. The molecule has 0 aliphatic heterocycles. The summed E-state index contributed by atoms with van der Waals surface area (Å²) in [6.45, 7) is 6.31. The third kappa shape index (κ3) is 2.54. The van der Waals surface area contributed by atoms with Gasteiger partial charge in [-0.05, 0) is 38.5 Å². The summed E-state index contributed by atoms with van der Waals surface area (Å²) in [4.78, 5) is 8.54. The van der Waals surface area contributed by atoms with Gasteiger partial charge < -0.3 is 13.6 Å². The number of aryl methyl sites for hydroxylation is 1. The van der Waals surface area contributed by atoms with E-state index in [1.54, 1.807) is 12.4 Å². The lowest BCUT2D eigenvalue weighted by Gasteiger charge is -2.06. The Bertz CT molecular complexity index is 758. The molecule has 3 rings (SSSR count). The summed E-state index contributed by atoms with van der Waals surface area (Å²) in [7, 11) is 0. The maximum Gasteiger partial charge on any atom is 0.305 e. The van der Waals surface area contributed by atoms with Gasteiger partial charge in [0, 0.05) is 11.1 Å². The molecule has 0 amide bonds. The normalized spacial score (nSPS) is 10.8. The zero-order valence-corrected chi connectivity index (χ0v) is 12.2. The number of rotatable bonds is 4. The number of nitrogens with zero attached hydrogens (tertiary/aromatic N) is 2. The Balaban J connectivity index is 2.03. The maximum absolute atomic E-state index is 5.60. The van der Waals surface area contributed by atoms with Crippen molar-refractivity contribution in [1.82, 2.24) is 9.97 Å². The second-order valence-electron chi connectivity index (χ2n) is 4.67. The average molecular weight is 284 g/mol. The monoisotopic (exact) mass is 284 g/mol. The first-order valence-corrected chi connectivity index (χ1v) is 6.80. The van der Waals surface area contributed by atoms with Crippen molar-refractivity contribution < 1.29 is 13.6 Å². The van der Waals surface area contributed by atoms with E-state index < -0.39 is 0 Å². The molecule has 0 aliphatic rings. The molecular formula is C16H16N2O3. The number of hydrogen-bond donors (Lipinski definition) is 0. The summed E-state index contributed by atoms with van der Waals surface area (Å²) in [6.07, 6.45) is 3.29. The van der Waals surface area contributed by atoms with Gasteiger partial charge in [-0.25, -0.2) is 9.97 Å². The van der Waals surface area contributed by atoms with Crippen molar-refractivity contribution in [1.29, 1.82) is 0 Å². The minimum absolute atomic E-state index is 0.421. The van der Waals surface area contributed by atoms with Crippen molar-refractivity contribution in [2.24, 2.45) is 0 Å². The summed E-state index contributed by atoms with van der Waals surface area (Å²) >= 11 is 0. The summed E-state index contributed by atoms with van der Waals surface area (Å²) in [5.41, 5.74) is 2.83. The lowest BCUT2D eigenvalue weighted by atomic mass is 10.0. The van der Waals surface area contributed by atoms with Gasteiger partial charge in [-0.2, -0.15) is 0 Å². The molecule has 0 fully saturated rings. The fourth-order valence-electron chi connectivity index (χ4n) is 2.17. The number of ether oxygens (including phenoxy) is 1. The van der Waals surface area contributed by atoms with E-state index in [1.807, 2.05) is 39.0 Å². The van der Waals surface area contributed by atoms with Crippen LogP contribution in [0.2, 0.25) is 0 Å². The molecule has 5 heteroatoms. The predicted octanol–water partition coefficient (Wildman–Crippen LogP) is 4.01. The molecule has 1 aromatic carbocycles. The van der Waals surface area contributed by atoms with E-state index in [0.717, 1.165) is 22.5 Å². The van der Waals surface area contributed by atoms with Crippen LogP contribution in [0.1, 0.15) is 18.2 Å². The molecule has 0 N–H and O–H groups in total. The molecule has 0 aliphatic carbocycles. The van der Waals surface area contributed by atoms with Gasteiger partial charge in [0.05, 0.1) is 12.8 Å². The summed E-state index contributed by atoms with van der Waals surface area (Å²) in [5.74, 6) is 2.33. The molecule has 2 heterocycles. The zero-order valence-electron chi connectivity index (χ0n) is 12.2. The average Bonchev–Trinajstić information content (AvgIpc) is 3.09. The SMILES string of the molecule is CCOc1cnc(-c2cccc(-c3ncc(C)o3)c2C)o1. The van der Waals surface area contributed by atoms with Gasteiger partial charge in [-0.1, -0.05) is 6.07 Å². The maximum atomic E-state index is 5.60. The van der Waals surface area contributed by atoms with Gasteiger partial charge in [0.2, 0.25) is 11.8 Å². The molecule has 0 saturated carbocycles. The van der Waals surface area contributed by atoms with Crippen molar-refractivity contribution in [2.45, 2.75) is 20.8 Å². The van der Waals surface area contributed by atoms with E-state index in [9.17, 15) is 0 Å². The predicted molar refractivity (Wildman–Crippen MR) is 78.1 cm³/mol. The highest BCUT2D eigenvalue weighted by Crippen LogP contribution is 2.32. The second kappa shape index (κ2) is 5.44. The van der Waals surface area contributed by atoms with Gasteiger partial charge in [-0.3, -0.25) is 0 Å². The molecule has 0 atom stereocenters. The van der Waals surface area contributed by atoms with Crippen molar-refractivity contribution in [2.75, 3.05) is 6.61 Å². The van der Waals surface area contributed by atoms with Gasteiger partial charge in [0.25, 0.3) is 0 Å². The van der Waals surface area contributed by atoms with E-state index in [2.05, 4.69) is 9.97 Å². The van der Waals surface area contributed by atoms with Crippen LogP contribution in [-0.2, 0) is 0 Å². The molecule has 108 valence electrons. The highest BCUT2D eigenvalue weighted by atomic mass is 16.6. The largest absolute Gasteiger partial charge is 0.464 e. The van der Waals surface area contributed by atoms with Crippen LogP contribution in [0.4, 0.5) is 0 Å². The Morgan fingerprint density at radius 3 is 2.29 bits per heavy atom. The Labute approximate surface area is 122 Å². The van der Waals surface area contributed by atoms with E-state index in [-0.39, 0.29) is 0 Å². The van der Waals surface area contributed by atoms with E-state index >= 15 is 0 Å². The Kier molecular flexibility index (Phi) is 3.48. The van der Waals surface area contributed by atoms with Crippen LogP contribution in [0.3, 0.4) is 0 Å². The highest BCUT2D eigenvalue weighted by Gasteiger charge is 2.15. The topological polar surface area (TPSA) is 61.3 Å². The molecule has 0 unspecified atom stereocenters. The minimum atomic E-state index is 0.421. The van der Waals surface area contributed by atoms with Crippen LogP contribution in [-0.4, -0.2) is 16.6 Å². The number of benzene rings is 1. The minimum Gasteiger partial charge on any atom is -0.464 e. The first kappa shape index (κ1) is 13.4. The van der Waals surface area contributed by atoms with Crippen molar-refractivity contribution in [3.05, 3.63) is 41.9 Å². The van der Waals surface area contributed by atoms with Crippen LogP contribution in [0.15, 0.2) is 39.4 Å². The molecule has 3 aromatic rings. The van der Waals surface area contributed by atoms with Crippen LogP contribution < -0.4 is 4.74 Å². The van der Waals surface area contributed by atoms with E-state index in [4.69, 9.17) is 13.6 Å². The molecule has 21 heavy (non-hydrogen) atoms. The standard InChI is InChI=1S/C16H16N2O3/c1-4-19-14-9-18-16(21-14)13-7-5-6-12(11(13)3)15-17-8-10(2)20-15/h5-9H,4H2,1-3H3. The van der Waals surface area contributed by atoms with Crippen molar-refractivity contribution in [3.8, 4) is 28.9 Å². The second-order valence-corrected chi connectivity index (χ2v) is 4.67. The van der Waals surface area contributed by atoms with Gasteiger partial charge in [0.15, 0.2) is 0 Å². The van der Waals surface area contributed by atoms with Crippen LogP contribution in [0.25, 0.3) is 22.9 Å². The quantitative estimate of drug-likeness (QED) is 0.724. The van der Waals surface area contributed by atoms with E-state index in [1.165, 1.54) is 0 Å². The molecule has 2 aromatic heterocycles. The smallest absolute Gasteiger partial charge is 0.305 e. The Hall–Kier alpha value is -2.56. The first-order chi connectivity index (χ1) is 10.2. The summed E-state index contributed by atoms with van der Waals surface area (Å²) in [5, 5.41) is 0. The molecule has 0 bridgehead atoms. The van der Waals surface area contributed by atoms with Crippen LogP contribution >= 0.6 is 0 Å². The Morgan fingerprint density at radius 1 is 1.00 bits per heavy atom. The molecule has 0 saturated heterocycles. The lowest BCUT2D eigenvalue weighted by molar-refractivity contribution is 0.260.